The van der Waals surface area contributed by atoms with Crippen molar-refractivity contribution in [2.45, 2.75) is 50.1 Å². The second kappa shape index (κ2) is 7.60. The van der Waals surface area contributed by atoms with Crippen LogP contribution in [0.2, 0.25) is 0 Å². The van der Waals surface area contributed by atoms with E-state index in [1.807, 2.05) is 38.1 Å². The monoisotopic (exact) mass is 372 g/mol. The van der Waals surface area contributed by atoms with E-state index < -0.39 is 10.0 Å². The SMILES string of the molecule is CCC(NC(=O)c1ccc(S(=O)(=O)NC2CC2)cc1)c1ccc(C)cc1. The molecule has 3 rings (SSSR count). The second-order valence-electron chi connectivity index (χ2n) is 6.76. The second-order valence-corrected chi connectivity index (χ2v) is 8.48. The first kappa shape index (κ1) is 18.6. The Bertz CT molecular complexity index is 870. The van der Waals surface area contributed by atoms with Gasteiger partial charge in [0.2, 0.25) is 10.0 Å². The summed E-state index contributed by atoms with van der Waals surface area (Å²) in [5, 5.41) is 3.02. The summed E-state index contributed by atoms with van der Waals surface area (Å²) in [5.41, 5.74) is 2.67. The number of carbonyl (C=O) groups excluding carboxylic acids is 1. The number of rotatable bonds is 7. The first-order chi connectivity index (χ1) is 12.4. The zero-order valence-electron chi connectivity index (χ0n) is 15.0. The van der Waals surface area contributed by atoms with Gasteiger partial charge in [0, 0.05) is 11.6 Å². The molecule has 1 aliphatic rings. The Balaban J connectivity index is 1.69. The molecule has 2 N–H and O–H groups in total. The molecule has 6 heteroatoms. The largest absolute Gasteiger partial charge is 0.345 e. The van der Waals surface area contributed by atoms with Gasteiger partial charge in [-0.15, -0.1) is 0 Å². The lowest BCUT2D eigenvalue weighted by Gasteiger charge is -2.18. The number of hydrogen-bond acceptors (Lipinski definition) is 3. The quantitative estimate of drug-likeness (QED) is 0.783. The van der Waals surface area contributed by atoms with Gasteiger partial charge in [-0.05, 0) is 56.0 Å². The van der Waals surface area contributed by atoms with Gasteiger partial charge in [0.15, 0.2) is 0 Å². The van der Waals surface area contributed by atoms with Gasteiger partial charge in [0.1, 0.15) is 0 Å². The Labute approximate surface area is 154 Å². The zero-order valence-corrected chi connectivity index (χ0v) is 15.8. The molecule has 0 aliphatic heterocycles. The summed E-state index contributed by atoms with van der Waals surface area (Å²) in [6, 6.07) is 14.1. The highest BCUT2D eigenvalue weighted by Gasteiger charge is 2.28. The topological polar surface area (TPSA) is 75.3 Å². The van der Waals surface area contributed by atoms with E-state index in [-0.39, 0.29) is 22.9 Å². The maximum atomic E-state index is 12.5. The van der Waals surface area contributed by atoms with Crippen LogP contribution in [0.3, 0.4) is 0 Å². The van der Waals surface area contributed by atoms with Crippen LogP contribution >= 0.6 is 0 Å². The van der Waals surface area contributed by atoms with Crippen LogP contribution in [0.5, 0.6) is 0 Å². The van der Waals surface area contributed by atoms with E-state index >= 15 is 0 Å². The van der Waals surface area contributed by atoms with Gasteiger partial charge in [-0.3, -0.25) is 4.79 Å². The van der Waals surface area contributed by atoms with Crippen LogP contribution in [0.25, 0.3) is 0 Å². The predicted molar refractivity (Wildman–Crippen MR) is 101 cm³/mol. The normalized spacial score (nSPS) is 15.5. The molecule has 0 aromatic heterocycles. The van der Waals surface area contributed by atoms with Crippen LogP contribution < -0.4 is 10.0 Å². The molecule has 2 aromatic carbocycles. The lowest BCUT2D eigenvalue weighted by Crippen LogP contribution is -2.28. The fourth-order valence-corrected chi connectivity index (χ4v) is 4.04. The molecule has 0 saturated heterocycles. The summed E-state index contributed by atoms with van der Waals surface area (Å²) in [5.74, 6) is -0.212. The minimum Gasteiger partial charge on any atom is -0.345 e. The first-order valence-electron chi connectivity index (χ1n) is 8.89. The van der Waals surface area contributed by atoms with E-state index in [1.54, 1.807) is 12.1 Å². The number of amides is 1. The fraction of sp³-hybridized carbons (Fsp3) is 0.350. The van der Waals surface area contributed by atoms with Crippen LogP contribution in [0.4, 0.5) is 0 Å². The molecule has 0 radical (unpaired) electrons. The number of benzene rings is 2. The maximum absolute atomic E-state index is 12.5. The smallest absolute Gasteiger partial charge is 0.251 e. The molecular weight excluding hydrogens is 348 g/mol. The van der Waals surface area contributed by atoms with E-state index in [0.717, 1.165) is 24.8 Å². The van der Waals surface area contributed by atoms with Crippen LogP contribution in [0, 0.1) is 6.92 Å². The summed E-state index contributed by atoms with van der Waals surface area (Å²) in [4.78, 5) is 12.7. The number of hydrogen-bond donors (Lipinski definition) is 2. The van der Waals surface area contributed by atoms with Crippen molar-refractivity contribution in [1.82, 2.24) is 10.0 Å². The van der Waals surface area contributed by atoms with Gasteiger partial charge in [-0.2, -0.15) is 0 Å². The minimum atomic E-state index is -3.50. The van der Waals surface area contributed by atoms with Crippen molar-refractivity contribution in [2.24, 2.45) is 0 Å². The van der Waals surface area contributed by atoms with E-state index in [0.29, 0.717) is 5.56 Å². The molecule has 1 amide bonds. The summed E-state index contributed by atoms with van der Waals surface area (Å²) in [7, 11) is -3.50. The van der Waals surface area contributed by atoms with Crippen molar-refractivity contribution in [3.63, 3.8) is 0 Å². The third-order valence-electron chi connectivity index (χ3n) is 4.52. The molecule has 5 nitrogen and oxygen atoms in total. The van der Waals surface area contributed by atoms with Gasteiger partial charge in [0.25, 0.3) is 5.91 Å². The highest BCUT2D eigenvalue weighted by Crippen LogP contribution is 2.22. The zero-order chi connectivity index (χ0) is 18.7. The van der Waals surface area contributed by atoms with Gasteiger partial charge in [0.05, 0.1) is 10.9 Å². The fourth-order valence-electron chi connectivity index (χ4n) is 2.74. The Morgan fingerprint density at radius 3 is 2.23 bits per heavy atom. The summed E-state index contributed by atoms with van der Waals surface area (Å²) in [6.07, 6.45) is 2.54. The van der Waals surface area contributed by atoms with Crippen molar-refractivity contribution in [3.05, 3.63) is 65.2 Å². The lowest BCUT2D eigenvalue weighted by atomic mass is 10.0. The molecule has 2 aromatic rings. The van der Waals surface area contributed by atoms with Crippen molar-refractivity contribution in [1.29, 1.82) is 0 Å². The van der Waals surface area contributed by atoms with E-state index in [9.17, 15) is 13.2 Å². The van der Waals surface area contributed by atoms with E-state index in [2.05, 4.69) is 10.0 Å². The molecule has 0 heterocycles. The van der Waals surface area contributed by atoms with Crippen LogP contribution in [0.15, 0.2) is 53.4 Å². The highest BCUT2D eigenvalue weighted by atomic mass is 32.2. The highest BCUT2D eigenvalue weighted by molar-refractivity contribution is 7.89. The van der Waals surface area contributed by atoms with Crippen molar-refractivity contribution in [2.75, 3.05) is 0 Å². The van der Waals surface area contributed by atoms with Crippen LogP contribution in [0.1, 0.15) is 53.7 Å². The summed E-state index contributed by atoms with van der Waals surface area (Å²) < 4.78 is 27.0. The first-order valence-corrected chi connectivity index (χ1v) is 10.4. The van der Waals surface area contributed by atoms with Crippen molar-refractivity contribution < 1.29 is 13.2 Å². The van der Waals surface area contributed by atoms with Crippen LogP contribution in [-0.4, -0.2) is 20.4 Å². The molecule has 1 fully saturated rings. The average Bonchev–Trinajstić information content (AvgIpc) is 3.44. The summed E-state index contributed by atoms with van der Waals surface area (Å²) in [6.45, 7) is 4.04. The standard InChI is InChI=1S/C20H24N2O3S/c1-3-19(15-6-4-14(2)5-7-15)21-20(23)16-8-12-18(13-9-16)26(24,25)22-17-10-11-17/h4-9,12-13,17,19,22H,3,10-11H2,1-2H3,(H,21,23). The van der Waals surface area contributed by atoms with Crippen molar-refractivity contribution in [3.8, 4) is 0 Å². The minimum absolute atomic E-state index is 0.0581. The number of aryl methyl sites for hydroxylation is 1. The van der Waals surface area contributed by atoms with Gasteiger partial charge in [-0.25, -0.2) is 13.1 Å². The molecule has 26 heavy (non-hydrogen) atoms. The Hall–Kier alpha value is -2.18. The Morgan fingerprint density at radius 2 is 1.69 bits per heavy atom. The number of carbonyl (C=O) groups is 1. The lowest BCUT2D eigenvalue weighted by molar-refractivity contribution is 0.0935. The molecule has 1 saturated carbocycles. The molecule has 138 valence electrons. The van der Waals surface area contributed by atoms with Crippen LogP contribution in [-0.2, 0) is 10.0 Å². The molecule has 1 unspecified atom stereocenters. The van der Waals surface area contributed by atoms with Gasteiger partial charge >= 0.3 is 0 Å². The van der Waals surface area contributed by atoms with E-state index in [1.165, 1.54) is 17.7 Å². The predicted octanol–water partition coefficient (Wildman–Crippen LogP) is 3.32. The Morgan fingerprint density at radius 1 is 1.08 bits per heavy atom. The molecule has 1 atom stereocenters. The molecular formula is C20H24N2O3S. The summed E-state index contributed by atoms with van der Waals surface area (Å²) >= 11 is 0. The van der Waals surface area contributed by atoms with E-state index in [4.69, 9.17) is 0 Å². The maximum Gasteiger partial charge on any atom is 0.251 e. The molecule has 0 spiro atoms. The molecule has 0 bridgehead atoms. The number of nitrogens with one attached hydrogen (secondary N) is 2. The molecule has 1 aliphatic carbocycles. The number of sulfonamides is 1. The van der Waals surface area contributed by atoms with Gasteiger partial charge < -0.3 is 5.32 Å². The third-order valence-corrected chi connectivity index (χ3v) is 6.06. The Kier molecular flexibility index (Phi) is 5.44. The van der Waals surface area contributed by atoms with Crippen molar-refractivity contribution >= 4 is 15.9 Å². The third kappa shape index (κ3) is 4.51. The average molecular weight is 372 g/mol. The van der Waals surface area contributed by atoms with Gasteiger partial charge in [-0.1, -0.05) is 36.8 Å².